The van der Waals surface area contributed by atoms with Crippen molar-refractivity contribution >= 4 is 30.4 Å². The number of rotatable bonds is 16. The molecule has 0 saturated carbocycles. The van der Waals surface area contributed by atoms with Crippen LogP contribution in [0, 0.1) is 0 Å². The lowest BCUT2D eigenvalue weighted by Gasteiger charge is -2.29. The van der Waals surface area contributed by atoms with Crippen molar-refractivity contribution < 1.29 is 22.5 Å². The lowest BCUT2D eigenvalue weighted by atomic mass is 9.90. The monoisotopic (exact) mass is 488 g/mol. The normalized spacial score (nSPS) is 14.1. The van der Waals surface area contributed by atoms with E-state index in [-0.39, 0.29) is 6.67 Å². The highest BCUT2D eigenvalue weighted by atomic mass is 28.4. The lowest BCUT2D eigenvalue weighted by Crippen LogP contribution is -2.48. The Morgan fingerprint density at radius 1 is 0.806 bits per heavy atom. The van der Waals surface area contributed by atoms with Crippen LogP contribution in [0.4, 0.5) is 4.39 Å². The van der Waals surface area contributed by atoms with E-state index < -0.39 is 25.2 Å². The maximum atomic E-state index is 12.6. The van der Waals surface area contributed by atoms with Gasteiger partial charge in [0.1, 0.15) is 0 Å². The molecule has 0 amide bonds. The highest BCUT2D eigenvalue weighted by Crippen LogP contribution is 2.29. The van der Waals surface area contributed by atoms with Crippen LogP contribution >= 0.6 is 0 Å². The molecule has 1 unspecified atom stereocenters. The largest absolute Gasteiger partial charge is 0.499 e. The van der Waals surface area contributed by atoms with Crippen molar-refractivity contribution in [1.82, 2.24) is 0 Å². The van der Waals surface area contributed by atoms with Gasteiger partial charge in [0.25, 0.3) is 0 Å². The second kappa shape index (κ2) is 13.4. The van der Waals surface area contributed by atoms with Crippen LogP contribution in [0.3, 0.4) is 0 Å². The summed E-state index contributed by atoms with van der Waals surface area (Å²) in [7, 11) is -1.21. The molecule has 0 spiro atoms. The van der Waals surface area contributed by atoms with Crippen LogP contribution in [0.25, 0.3) is 0 Å². The second-order valence-corrected chi connectivity index (χ2v) is 21.9. The molecular weight excluding hydrogens is 444 g/mol. The van der Waals surface area contributed by atoms with E-state index in [9.17, 15) is 9.19 Å². The minimum atomic E-state index is -2.55. The van der Waals surface area contributed by atoms with Crippen molar-refractivity contribution in [3.05, 3.63) is 29.8 Å². The number of hydrogen-bond acceptors (Lipinski definition) is 4. The van der Waals surface area contributed by atoms with E-state index in [0.29, 0.717) is 12.3 Å². The first-order chi connectivity index (χ1) is 14.5. The van der Waals surface area contributed by atoms with E-state index in [2.05, 4.69) is 37.4 Å². The number of alkyl halides is 1. The molecule has 0 fully saturated rings. The minimum absolute atomic E-state index is 0.239. The summed E-state index contributed by atoms with van der Waals surface area (Å²) in [5.41, 5.74) is 1.35. The van der Waals surface area contributed by atoms with Crippen LogP contribution < -0.4 is 5.19 Å². The molecule has 1 aromatic rings. The third kappa shape index (κ3) is 9.98. The Morgan fingerprint density at radius 2 is 1.35 bits per heavy atom. The highest BCUT2D eigenvalue weighted by molar-refractivity contribution is 6.90. The standard InChI is InChI=1S/C23H45FO4Si3/c1-26-31(27-2,28-3)20-19-29(4,5)23-15-13-22(14-16-23)21(11-8-9-17-24)12-10-18-30(6,7)25/h13-16,21,25H,8-12,17-20H2,1-7H3. The van der Waals surface area contributed by atoms with E-state index in [1.54, 1.807) is 21.3 Å². The van der Waals surface area contributed by atoms with Crippen LogP contribution in [0.15, 0.2) is 24.3 Å². The van der Waals surface area contributed by atoms with E-state index in [1.807, 2.05) is 13.1 Å². The van der Waals surface area contributed by atoms with E-state index in [0.717, 1.165) is 43.8 Å². The van der Waals surface area contributed by atoms with Gasteiger partial charge in [0.15, 0.2) is 8.32 Å². The van der Waals surface area contributed by atoms with Crippen molar-refractivity contribution in [2.24, 2.45) is 0 Å². The first-order valence-corrected chi connectivity index (χ1v) is 19.9. The van der Waals surface area contributed by atoms with Gasteiger partial charge >= 0.3 is 8.80 Å². The molecule has 0 aliphatic rings. The van der Waals surface area contributed by atoms with E-state index in [4.69, 9.17) is 13.3 Å². The zero-order chi connectivity index (χ0) is 23.5. The van der Waals surface area contributed by atoms with Crippen molar-refractivity contribution in [1.29, 1.82) is 0 Å². The summed E-state index contributed by atoms with van der Waals surface area (Å²) in [5.74, 6) is 0.442. The quantitative estimate of drug-likeness (QED) is 0.240. The van der Waals surface area contributed by atoms with Crippen LogP contribution in [-0.4, -0.2) is 58.0 Å². The number of unbranched alkanes of at least 4 members (excludes halogenated alkanes) is 1. The topological polar surface area (TPSA) is 47.9 Å². The van der Waals surface area contributed by atoms with Gasteiger partial charge < -0.3 is 18.1 Å². The SMILES string of the molecule is CO[Si](CC[Si](C)(C)c1ccc(C(CCCCF)CCC[Si](C)(C)O)cc1)(OC)OC. The van der Waals surface area contributed by atoms with Crippen molar-refractivity contribution in [3.8, 4) is 0 Å². The third-order valence-electron chi connectivity index (χ3n) is 6.43. The molecule has 1 N–H and O–H groups in total. The molecule has 1 aromatic carbocycles. The summed E-state index contributed by atoms with van der Waals surface area (Å²) in [5, 5.41) is 1.42. The van der Waals surface area contributed by atoms with Gasteiger partial charge in [-0.05, 0) is 55.9 Å². The Kier molecular flexibility index (Phi) is 12.4. The van der Waals surface area contributed by atoms with Gasteiger partial charge in [0.05, 0.1) is 14.7 Å². The summed E-state index contributed by atoms with van der Waals surface area (Å²) >= 11 is 0. The summed E-state index contributed by atoms with van der Waals surface area (Å²) < 4.78 is 29.4. The van der Waals surface area contributed by atoms with Gasteiger partial charge in [-0.25, -0.2) is 0 Å². The Bertz CT molecular complexity index is 608. The molecule has 0 saturated heterocycles. The summed E-state index contributed by atoms with van der Waals surface area (Å²) in [6.45, 7) is 8.53. The molecule has 0 aliphatic heterocycles. The fourth-order valence-corrected chi connectivity index (χ4v) is 11.4. The maximum Gasteiger partial charge on any atom is 0.499 e. The van der Waals surface area contributed by atoms with Gasteiger partial charge in [-0.2, -0.15) is 0 Å². The molecular formula is C23H45FO4Si3. The van der Waals surface area contributed by atoms with E-state index in [1.165, 1.54) is 10.8 Å². The first-order valence-electron chi connectivity index (χ1n) is 11.6. The molecule has 8 heteroatoms. The molecule has 0 heterocycles. The fourth-order valence-electron chi connectivity index (χ4n) is 4.12. The molecule has 0 aromatic heterocycles. The van der Waals surface area contributed by atoms with Gasteiger partial charge in [0, 0.05) is 27.4 Å². The van der Waals surface area contributed by atoms with Crippen molar-refractivity contribution in [2.45, 2.75) is 82.3 Å². The molecule has 31 heavy (non-hydrogen) atoms. The summed E-state index contributed by atoms with van der Waals surface area (Å²) in [6, 6.07) is 11.9. The van der Waals surface area contributed by atoms with Crippen LogP contribution in [-0.2, 0) is 13.3 Å². The van der Waals surface area contributed by atoms with Gasteiger partial charge in [-0.3, -0.25) is 4.39 Å². The molecule has 0 aliphatic carbocycles. The molecule has 1 atom stereocenters. The van der Waals surface area contributed by atoms with E-state index >= 15 is 0 Å². The molecule has 4 nitrogen and oxygen atoms in total. The van der Waals surface area contributed by atoms with Crippen LogP contribution in [0.1, 0.15) is 43.6 Å². The van der Waals surface area contributed by atoms with Crippen molar-refractivity contribution in [2.75, 3.05) is 28.0 Å². The second-order valence-electron chi connectivity index (χ2n) is 9.89. The van der Waals surface area contributed by atoms with Gasteiger partial charge in [0.2, 0.25) is 0 Å². The highest BCUT2D eigenvalue weighted by Gasteiger charge is 2.40. The third-order valence-corrected chi connectivity index (χ3v) is 14.6. The first kappa shape index (κ1) is 28.7. The molecule has 0 bridgehead atoms. The average Bonchev–Trinajstić information content (AvgIpc) is 2.73. The minimum Gasteiger partial charge on any atom is -0.432 e. The Hall–Kier alpha value is -0.359. The number of hydrogen-bond donors (Lipinski definition) is 1. The number of benzene rings is 1. The summed E-state index contributed by atoms with van der Waals surface area (Å²) in [6.07, 6.45) is 4.67. The van der Waals surface area contributed by atoms with Crippen molar-refractivity contribution in [3.63, 3.8) is 0 Å². The average molecular weight is 489 g/mol. The zero-order valence-corrected chi connectivity index (χ0v) is 23.8. The Labute approximate surface area is 193 Å². The smallest absolute Gasteiger partial charge is 0.432 e. The number of halogens is 1. The Morgan fingerprint density at radius 3 is 1.84 bits per heavy atom. The van der Waals surface area contributed by atoms with Gasteiger partial charge in [-0.15, -0.1) is 0 Å². The zero-order valence-electron chi connectivity index (χ0n) is 20.8. The van der Waals surface area contributed by atoms with Crippen LogP contribution in [0.5, 0.6) is 0 Å². The summed E-state index contributed by atoms with van der Waals surface area (Å²) in [4.78, 5) is 10.2. The molecule has 1 rings (SSSR count). The molecule has 180 valence electrons. The fraction of sp³-hybridized carbons (Fsp3) is 0.739. The molecule has 0 radical (unpaired) electrons. The lowest BCUT2D eigenvalue weighted by molar-refractivity contribution is 0.125. The van der Waals surface area contributed by atoms with Gasteiger partial charge in [-0.1, -0.05) is 55.4 Å². The van der Waals surface area contributed by atoms with Crippen LogP contribution in [0.2, 0.25) is 44.3 Å². The Balaban J connectivity index is 2.86. The maximum absolute atomic E-state index is 12.6. The predicted molar refractivity (Wildman–Crippen MR) is 136 cm³/mol. The predicted octanol–water partition coefficient (Wildman–Crippen LogP) is 5.68.